The van der Waals surface area contributed by atoms with Gasteiger partial charge in [-0.25, -0.2) is 0 Å². The van der Waals surface area contributed by atoms with Crippen molar-refractivity contribution in [3.8, 4) is 5.75 Å². The SMILES string of the molecule is O=C(CN1C(=O)/C(=C\c2ccccc2Br)Oc2ccccc21)NCCCSC1CCCCC1. The van der Waals surface area contributed by atoms with E-state index in [9.17, 15) is 9.59 Å². The van der Waals surface area contributed by atoms with Gasteiger partial charge in [-0.3, -0.25) is 14.5 Å². The van der Waals surface area contributed by atoms with Crippen LogP contribution in [-0.2, 0) is 9.59 Å². The number of anilines is 1. The molecule has 0 bridgehead atoms. The molecule has 1 aliphatic heterocycles. The first-order chi connectivity index (χ1) is 16.1. The zero-order valence-corrected chi connectivity index (χ0v) is 21.0. The van der Waals surface area contributed by atoms with E-state index in [1.807, 2.05) is 54.2 Å². The van der Waals surface area contributed by atoms with Crippen molar-refractivity contribution in [1.29, 1.82) is 0 Å². The molecule has 2 aromatic rings. The molecule has 0 radical (unpaired) electrons. The molecule has 0 aromatic heterocycles. The number of carbonyl (C=O) groups excluding carboxylic acids is 2. The predicted octanol–water partition coefficient (Wildman–Crippen LogP) is 5.79. The third-order valence-corrected chi connectivity index (χ3v) is 8.06. The maximum absolute atomic E-state index is 13.2. The number of hydrogen-bond acceptors (Lipinski definition) is 4. The summed E-state index contributed by atoms with van der Waals surface area (Å²) in [5, 5.41) is 3.76. The van der Waals surface area contributed by atoms with E-state index in [4.69, 9.17) is 4.74 Å². The standard InChI is InChI=1S/C26H29BrN2O3S/c27-21-12-5-4-9-19(21)17-24-26(31)29(22-13-6-7-14-23(22)32-24)18-25(30)28-15-8-16-33-20-10-2-1-3-11-20/h4-7,9,12-14,17,20H,1-3,8,10-11,15-16,18H2,(H,28,30)/b24-17+. The second kappa shape index (κ2) is 11.7. The molecule has 33 heavy (non-hydrogen) atoms. The number of hydrogen-bond donors (Lipinski definition) is 1. The van der Waals surface area contributed by atoms with E-state index in [0.29, 0.717) is 18.0 Å². The highest BCUT2D eigenvalue weighted by atomic mass is 79.9. The minimum Gasteiger partial charge on any atom is -0.449 e. The third kappa shape index (κ3) is 6.42. The number of nitrogens with one attached hydrogen (secondary N) is 1. The van der Waals surface area contributed by atoms with E-state index >= 15 is 0 Å². The number of halogens is 1. The van der Waals surface area contributed by atoms with Gasteiger partial charge >= 0.3 is 0 Å². The Morgan fingerprint density at radius 3 is 2.70 bits per heavy atom. The van der Waals surface area contributed by atoms with E-state index < -0.39 is 0 Å². The molecule has 2 aliphatic rings. The molecule has 2 aromatic carbocycles. The molecule has 5 nitrogen and oxygen atoms in total. The van der Waals surface area contributed by atoms with E-state index in [-0.39, 0.29) is 24.1 Å². The summed E-state index contributed by atoms with van der Waals surface area (Å²) >= 11 is 5.54. The van der Waals surface area contributed by atoms with Gasteiger partial charge in [0.05, 0.1) is 5.69 Å². The highest BCUT2D eigenvalue weighted by Gasteiger charge is 2.31. The molecule has 1 aliphatic carbocycles. The Balaban J connectivity index is 1.36. The molecule has 0 spiro atoms. The molecular formula is C26H29BrN2O3S. The second-order valence-electron chi connectivity index (χ2n) is 8.33. The molecule has 1 fully saturated rings. The summed E-state index contributed by atoms with van der Waals surface area (Å²) in [5.74, 6) is 1.32. The van der Waals surface area contributed by atoms with E-state index in [0.717, 1.165) is 27.5 Å². The van der Waals surface area contributed by atoms with Gasteiger partial charge in [-0.2, -0.15) is 11.8 Å². The molecule has 4 rings (SSSR count). The first kappa shape index (κ1) is 23.9. The van der Waals surface area contributed by atoms with Crippen LogP contribution in [0.5, 0.6) is 5.75 Å². The lowest BCUT2D eigenvalue weighted by Gasteiger charge is -2.30. The maximum atomic E-state index is 13.2. The Hall–Kier alpha value is -2.25. The molecule has 174 valence electrons. The van der Waals surface area contributed by atoms with Crippen molar-refractivity contribution in [2.75, 3.05) is 23.7 Å². The van der Waals surface area contributed by atoms with Crippen LogP contribution in [0.15, 0.2) is 58.8 Å². The average molecular weight is 530 g/mol. The number of benzene rings is 2. The summed E-state index contributed by atoms with van der Waals surface area (Å²) in [6.07, 6.45) is 9.36. The van der Waals surface area contributed by atoms with Crippen molar-refractivity contribution < 1.29 is 14.3 Å². The van der Waals surface area contributed by atoms with Crippen molar-refractivity contribution in [3.05, 3.63) is 64.3 Å². The van der Waals surface area contributed by atoms with Crippen LogP contribution in [0.3, 0.4) is 0 Å². The summed E-state index contributed by atoms with van der Waals surface area (Å²) in [6.45, 7) is 0.584. The van der Waals surface area contributed by atoms with Crippen LogP contribution in [-0.4, -0.2) is 35.9 Å². The van der Waals surface area contributed by atoms with Crippen LogP contribution in [0.2, 0.25) is 0 Å². The fourth-order valence-electron chi connectivity index (χ4n) is 4.13. The fraction of sp³-hybridized carbons (Fsp3) is 0.385. The lowest BCUT2D eigenvalue weighted by atomic mass is 10.0. The van der Waals surface area contributed by atoms with Crippen LogP contribution in [0.4, 0.5) is 5.69 Å². The van der Waals surface area contributed by atoms with E-state index in [1.54, 1.807) is 12.1 Å². The highest BCUT2D eigenvalue weighted by Crippen LogP contribution is 2.36. The van der Waals surface area contributed by atoms with Gasteiger partial charge in [-0.15, -0.1) is 0 Å². The quantitative estimate of drug-likeness (QED) is 0.348. The lowest BCUT2D eigenvalue weighted by molar-refractivity contribution is -0.123. The maximum Gasteiger partial charge on any atom is 0.294 e. The minimum absolute atomic E-state index is 0.0394. The van der Waals surface area contributed by atoms with Gasteiger partial charge in [0.15, 0.2) is 11.5 Å². The van der Waals surface area contributed by atoms with Gasteiger partial charge in [0.1, 0.15) is 6.54 Å². The fourth-order valence-corrected chi connectivity index (χ4v) is 5.84. The van der Waals surface area contributed by atoms with Crippen LogP contribution in [0.1, 0.15) is 44.1 Å². The van der Waals surface area contributed by atoms with E-state index in [2.05, 4.69) is 21.2 Å². The van der Waals surface area contributed by atoms with Gasteiger partial charge in [0, 0.05) is 16.3 Å². The number of nitrogens with zero attached hydrogens (tertiary/aromatic N) is 1. The molecule has 1 saturated carbocycles. The Morgan fingerprint density at radius 1 is 1.12 bits per heavy atom. The predicted molar refractivity (Wildman–Crippen MR) is 138 cm³/mol. The molecule has 0 saturated heterocycles. The normalized spacial score (nSPS) is 17.5. The molecule has 0 unspecified atom stereocenters. The summed E-state index contributed by atoms with van der Waals surface area (Å²) in [7, 11) is 0. The lowest BCUT2D eigenvalue weighted by Crippen LogP contribution is -2.44. The number of thioether (sulfide) groups is 1. The zero-order valence-electron chi connectivity index (χ0n) is 18.6. The number of para-hydroxylation sites is 2. The first-order valence-electron chi connectivity index (χ1n) is 11.5. The smallest absolute Gasteiger partial charge is 0.294 e. The monoisotopic (exact) mass is 528 g/mol. The number of ether oxygens (including phenoxy) is 1. The Labute approximate surface area is 208 Å². The van der Waals surface area contributed by atoms with Crippen LogP contribution in [0, 0.1) is 0 Å². The Morgan fingerprint density at radius 2 is 1.88 bits per heavy atom. The topological polar surface area (TPSA) is 58.6 Å². The van der Waals surface area contributed by atoms with Gasteiger partial charge < -0.3 is 10.1 Å². The average Bonchev–Trinajstić information content (AvgIpc) is 2.83. The summed E-state index contributed by atoms with van der Waals surface area (Å²) < 4.78 is 6.76. The van der Waals surface area contributed by atoms with Crippen molar-refractivity contribution in [1.82, 2.24) is 5.32 Å². The molecular weight excluding hydrogens is 500 g/mol. The molecule has 7 heteroatoms. The van der Waals surface area contributed by atoms with Gasteiger partial charge in [0.2, 0.25) is 5.91 Å². The molecule has 1 N–H and O–H groups in total. The van der Waals surface area contributed by atoms with Crippen LogP contribution in [0.25, 0.3) is 6.08 Å². The Kier molecular flexibility index (Phi) is 8.51. The van der Waals surface area contributed by atoms with E-state index in [1.165, 1.54) is 37.0 Å². The zero-order chi connectivity index (χ0) is 23.0. The summed E-state index contributed by atoms with van der Waals surface area (Å²) in [4.78, 5) is 27.4. The number of fused-ring (bicyclic) bond motifs is 1. The third-order valence-electron chi connectivity index (χ3n) is 5.87. The van der Waals surface area contributed by atoms with Crippen molar-refractivity contribution in [3.63, 3.8) is 0 Å². The summed E-state index contributed by atoms with van der Waals surface area (Å²) in [5.41, 5.74) is 1.44. The van der Waals surface area contributed by atoms with Crippen molar-refractivity contribution in [2.24, 2.45) is 0 Å². The van der Waals surface area contributed by atoms with Crippen LogP contribution >= 0.6 is 27.7 Å². The number of amides is 2. The molecule has 2 amide bonds. The van der Waals surface area contributed by atoms with Gasteiger partial charge in [-0.1, -0.05) is 65.5 Å². The van der Waals surface area contributed by atoms with Crippen LogP contribution < -0.4 is 15.0 Å². The van der Waals surface area contributed by atoms with Gasteiger partial charge in [-0.05, 0) is 54.9 Å². The highest BCUT2D eigenvalue weighted by molar-refractivity contribution is 9.10. The summed E-state index contributed by atoms with van der Waals surface area (Å²) in [6, 6.07) is 14.9. The first-order valence-corrected chi connectivity index (χ1v) is 13.4. The second-order valence-corrected chi connectivity index (χ2v) is 10.6. The molecule has 1 heterocycles. The number of rotatable bonds is 8. The molecule has 0 atom stereocenters. The Bertz CT molecular complexity index is 1020. The van der Waals surface area contributed by atoms with Crippen molar-refractivity contribution in [2.45, 2.75) is 43.8 Å². The van der Waals surface area contributed by atoms with Crippen molar-refractivity contribution >= 4 is 51.3 Å². The number of carbonyl (C=O) groups is 2. The van der Waals surface area contributed by atoms with Gasteiger partial charge in [0.25, 0.3) is 5.91 Å². The largest absolute Gasteiger partial charge is 0.449 e. The minimum atomic E-state index is -0.326.